The van der Waals surface area contributed by atoms with Crippen molar-refractivity contribution in [3.05, 3.63) is 24.2 Å². The molecule has 2 atom stereocenters. The van der Waals surface area contributed by atoms with Gasteiger partial charge in [0.15, 0.2) is 0 Å². The van der Waals surface area contributed by atoms with E-state index in [2.05, 4.69) is 13.8 Å². The lowest BCUT2D eigenvalue weighted by Gasteiger charge is -2.29. The van der Waals surface area contributed by atoms with Crippen LogP contribution in [0.25, 0.3) is 0 Å². The normalized spacial score (nSPS) is 18.2. The van der Waals surface area contributed by atoms with Crippen molar-refractivity contribution in [3.8, 4) is 0 Å². The maximum absolute atomic E-state index is 10.2. The van der Waals surface area contributed by atoms with Crippen molar-refractivity contribution in [3.63, 3.8) is 0 Å². The third-order valence-electron chi connectivity index (χ3n) is 2.79. The molecule has 1 aromatic rings. The van der Waals surface area contributed by atoms with E-state index in [1.807, 2.05) is 13.0 Å². The summed E-state index contributed by atoms with van der Waals surface area (Å²) >= 11 is 0. The number of furan rings is 1. The number of rotatable bonds is 4. The fourth-order valence-electron chi connectivity index (χ4n) is 1.55. The summed E-state index contributed by atoms with van der Waals surface area (Å²) in [7, 11) is 0. The highest BCUT2D eigenvalue weighted by molar-refractivity contribution is 5.15. The molecule has 1 rings (SSSR count). The van der Waals surface area contributed by atoms with E-state index in [-0.39, 0.29) is 5.92 Å². The molecular formula is C11H18O2. The molecule has 2 unspecified atom stereocenters. The largest absolute Gasteiger partial charge is 0.472 e. The molecule has 1 N–H and O–H groups in total. The first-order chi connectivity index (χ1) is 6.09. The predicted molar refractivity (Wildman–Crippen MR) is 52.4 cm³/mol. The standard InChI is InChI=1S/C11H18O2/c1-4-5-9(2)11(3,12)10-6-7-13-8-10/h6-9,12H,4-5H2,1-3H3. The summed E-state index contributed by atoms with van der Waals surface area (Å²) in [6, 6.07) is 1.83. The molecule has 0 fully saturated rings. The van der Waals surface area contributed by atoms with Crippen molar-refractivity contribution >= 4 is 0 Å². The van der Waals surface area contributed by atoms with Gasteiger partial charge >= 0.3 is 0 Å². The van der Waals surface area contributed by atoms with E-state index >= 15 is 0 Å². The zero-order valence-corrected chi connectivity index (χ0v) is 8.58. The second-order valence-corrected chi connectivity index (χ2v) is 3.85. The topological polar surface area (TPSA) is 33.4 Å². The van der Waals surface area contributed by atoms with Crippen LogP contribution in [0.1, 0.15) is 39.2 Å². The molecule has 74 valence electrons. The fraction of sp³-hybridized carbons (Fsp3) is 0.636. The molecule has 0 radical (unpaired) electrons. The van der Waals surface area contributed by atoms with E-state index in [0.29, 0.717) is 0 Å². The fourth-order valence-corrected chi connectivity index (χ4v) is 1.55. The van der Waals surface area contributed by atoms with Crippen LogP contribution in [0.2, 0.25) is 0 Å². The summed E-state index contributed by atoms with van der Waals surface area (Å²) in [6.07, 6.45) is 5.34. The molecule has 0 amide bonds. The van der Waals surface area contributed by atoms with Crippen LogP contribution < -0.4 is 0 Å². The maximum Gasteiger partial charge on any atom is 0.0963 e. The van der Waals surface area contributed by atoms with Crippen LogP contribution in [-0.4, -0.2) is 5.11 Å². The summed E-state index contributed by atoms with van der Waals surface area (Å²) in [5.74, 6) is 0.259. The molecule has 0 bridgehead atoms. The average molecular weight is 182 g/mol. The lowest BCUT2D eigenvalue weighted by atomic mass is 9.83. The lowest BCUT2D eigenvalue weighted by Crippen LogP contribution is -2.29. The molecular weight excluding hydrogens is 164 g/mol. The second-order valence-electron chi connectivity index (χ2n) is 3.85. The van der Waals surface area contributed by atoms with Crippen LogP contribution in [-0.2, 0) is 5.60 Å². The third kappa shape index (κ3) is 2.13. The van der Waals surface area contributed by atoms with Gasteiger partial charge in [-0.05, 0) is 25.3 Å². The number of hydrogen-bond acceptors (Lipinski definition) is 2. The first-order valence-electron chi connectivity index (χ1n) is 4.84. The molecule has 0 saturated heterocycles. The van der Waals surface area contributed by atoms with Gasteiger partial charge in [-0.2, -0.15) is 0 Å². The Balaban J connectivity index is 2.76. The Kier molecular flexibility index (Phi) is 3.15. The smallest absolute Gasteiger partial charge is 0.0963 e. The highest BCUT2D eigenvalue weighted by Crippen LogP contribution is 2.32. The maximum atomic E-state index is 10.2. The zero-order chi connectivity index (χ0) is 9.90. The van der Waals surface area contributed by atoms with Gasteiger partial charge in [0.2, 0.25) is 0 Å². The molecule has 0 spiro atoms. The quantitative estimate of drug-likeness (QED) is 0.776. The molecule has 0 aliphatic rings. The molecule has 13 heavy (non-hydrogen) atoms. The van der Waals surface area contributed by atoms with Crippen LogP contribution >= 0.6 is 0 Å². The Hall–Kier alpha value is -0.760. The van der Waals surface area contributed by atoms with Crippen molar-refractivity contribution in [2.24, 2.45) is 5.92 Å². The first-order valence-corrected chi connectivity index (χ1v) is 4.84. The summed E-state index contributed by atoms with van der Waals surface area (Å²) in [5, 5.41) is 10.2. The minimum absolute atomic E-state index is 0.259. The van der Waals surface area contributed by atoms with Gasteiger partial charge in [0.05, 0.1) is 18.1 Å². The molecule has 2 heteroatoms. The van der Waals surface area contributed by atoms with Crippen LogP contribution in [0.3, 0.4) is 0 Å². The molecule has 1 aromatic heterocycles. The third-order valence-corrected chi connectivity index (χ3v) is 2.79. The molecule has 0 aromatic carbocycles. The van der Waals surface area contributed by atoms with E-state index < -0.39 is 5.60 Å². The van der Waals surface area contributed by atoms with Gasteiger partial charge in [-0.3, -0.25) is 0 Å². The minimum atomic E-state index is -0.761. The highest BCUT2D eigenvalue weighted by atomic mass is 16.3. The minimum Gasteiger partial charge on any atom is -0.472 e. The Bertz CT molecular complexity index is 237. The van der Waals surface area contributed by atoms with Gasteiger partial charge in [-0.15, -0.1) is 0 Å². The van der Waals surface area contributed by atoms with Crippen LogP contribution in [0.5, 0.6) is 0 Å². The van der Waals surface area contributed by atoms with Crippen molar-refractivity contribution in [2.75, 3.05) is 0 Å². The summed E-state index contributed by atoms with van der Waals surface area (Å²) in [6.45, 7) is 6.04. The van der Waals surface area contributed by atoms with E-state index in [1.165, 1.54) is 0 Å². The monoisotopic (exact) mass is 182 g/mol. The van der Waals surface area contributed by atoms with Gasteiger partial charge in [-0.25, -0.2) is 0 Å². The van der Waals surface area contributed by atoms with Crippen molar-refractivity contribution in [1.82, 2.24) is 0 Å². The SMILES string of the molecule is CCCC(C)C(C)(O)c1ccoc1. The Morgan fingerprint density at radius 3 is 2.77 bits per heavy atom. The summed E-state index contributed by atoms with van der Waals surface area (Å²) in [4.78, 5) is 0. The highest BCUT2D eigenvalue weighted by Gasteiger charge is 2.30. The second kappa shape index (κ2) is 3.97. The van der Waals surface area contributed by atoms with Crippen LogP contribution in [0.15, 0.2) is 23.0 Å². The Labute approximate surface area is 79.6 Å². The predicted octanol–water partition coefficient (Wildman–Crippen LogP) is 2.92. The van der Waals surface area contributed by atoms with E-state index in [0.717, 1.165) is 18.4 Å². The summed E-state index contributed by atoms with van der Waals surface area (Å²) < 4.78 is 4.97. The van der Waals surface area contributed by atoms with Gasteiger partial charge in [0.25, 0.3) is 0 Å². The van der Waals surface area contributed by atoms with E-state index in [4.69, 9.17) is 4.42 Å². The average Bonchev–Trinajstić information content (AvgIpc) is 2.56. The van der Waals surface area contributed by atoms with Crippen LogP contribution in [0.4, 0.5) is 0 Å². The molecule has 0 saturated carbocycles. The number of hydrogen-bond donors (Lipinski definition) is 1. The first kappa shape index (κ1) is 10.3. The molecule has 0 aliphatic heterocycles. The zero-order valence-electron chi connectivity index (χ0n) is 8.58. The van der Waals surface area contributed by atoms with Gasteiger partial charge in [0.1, 0.15) is 0 Å². The van der Waals surface area contributed by atoms with Crippen molar-refractivity contribution < 1.29 is 9.52 Å². The molecule has 0 aliphatic carbocycles. The molecule has 1 heterocycles. The van der Waals surface area contributed by atoms with Crippen LogP contribution in [0, 0.1) is 5.92 Å². The Morgan fingerprint density at radius 2 is 2.31 bits per heavy atom. The van der Waals surface area contributed by atoms with Gasteiger partial charge in [0, 0.05) is 5.56 Å². The van der Waals surface area contributed by atoms with Crippen molar-refractivity contribution in [1.29, 1.82) is 0 Å². The summed E-state index contributed by atoms with van der Waals surface area (Å²) in [5.41, 5.74) is 0.108. The van der Waals surface area contributed by atoms with E-state index in [1.54, 1.807) is 12.5 Å². The van der Waals surface area contributed by atoms with Gasteiger partial charge < -0.3 is 9.52 Å². The van der Waals surface area contributed by atoms with Gasteiger partial charge in [-0.1, -0.05) is 20.3 Å². The molecule has 2 nitrogen and oxygen atoms in total. The van der Waals surface area contributed by atoms with Crippen molar-refractivity contribution in [2.45, 2.75) is 39.2 Å². The Morgan fingerprint density at radius 1 is 1.62 bits per heavy atom. The lowest BCUT2D eigenvalue weighted by molar-refractivity contribution is -0.00268. The van der Waals surface area contributed by atoms with E-state index in [9.17, 15) is 5.11 Å². The number of aliphatic hydroxyl groups is 1.